The minimum absolute atomic E-state index is 0.111. The smallest absolute Gasteiger partial charge is 0.340 e. The van der Waals surface area contributed by atoms with E-state index in [0.29, 0.717) is 33.0 Å². The van der Waals surface area contributed by atoms with Gasteiger partial charge in [0.15, 0.2) is 22.6 Å². The fraction of sp³-hybridized carbons (Fsp3) is 0.367. The Morgan fingerprint density at radius 2 is 1.79 bits per heavy atom. The van der Waals surface area contributed by atoms with E-state index in [9.17, 15) is 19.2 Å². The summed E-state index contributed by atoms with van der Waals surface area (Å²) in [7, 11) is 1.51. The molecule has 0 radical (unpaired) electrons. The lowest BCUT2D eigenvalue weighted by Crippen LogP contribution is -2.52. The lowest BCUT2D eigenvalue weighted by Gasteiger charge is -2.40. The number of esters is 3. The number of rotatable bonds is 9. The van der Waals surface area contributed by atoms with E-state index in [1.807, 2.05) is 41.0 Å². The second kappa shape index (κ2) is 12.9. The molecule has 5 rings (SSSR count). The van der Waals surface area contributed by atoms with Crippen LogP contribution in [0.15, 0.2) is 62.9 Å². The molecule has 12 nitrogen and oxygen atoms in total. The molecule has 0 saturated carbocycles. The van der Waals surface area contributed by atoms with Gasteiger partial charge >= 0.3 is 23.5 Å². The number of fused-ring (bicyclic) bond motifs is 2. The average Bonchev–Trinajstić information content (AvgIpc) is 3.33. The third kappa shape index (κ3) is 6.67. The molecule has 0 bridgehead atoms. The summed E-state index contributed by atoms with van der Waals surface area (Å²) >= 11 is 1.30. The Morgan fingerprint density at radius 1 is 1.02 bits per heavy atom. The number of aromatic nitrogens is 2. The van der Waals surface area contributed by atoms with Gasteiger partial charge in [-0.3, -0.25) is 19.0 Å². The molecule has 0 N–H and O–H groups in total. The zero-order valence-corrected chi connectivity index (χ0v) is 24.8. The largest absolute Gasteiger partial charge is 0.493 e. The van der Waals surface area contributed by atoms with Gasteiger partial charge in [-0.1, -0.05) is 36.0 Å². The number of thioether (sulfide) groups is 1. The van der Waals surface area contributed by atoms with Gasteiger partial charge in [0.1, 0.15) is 25.0 Å². The highest BCUT2D eigenvalue weighted by molar-refractivity contribution is 7.98. The van der Waals surface area contributed by atoms with Crippen molar-refractivity contribution in [2.45, 2.75) is 62.6 Å². The van der Waals surface area contributed by atoms with Crippen LogP contribution in [0, 0.1) is 0 Å². The van der Waals surface area contributed by atoms with Crippen LogP contribution in [0.3, 0.4) is 0 Å². The second-order valence-corrected chi connectivity index (χ2v) is 10.8. The highest BCUT2D eigenvalue weighted by Crippen LogP contribution is 2.38. The van der Waals surface area contributed by atoms with E-state index in [1.165, 1.54) is 39.6 Å². The molecule has 43 heavy (non-hydrogen) atoms. The minimum atomic E-state index is -1.01. The molecular formula is C30H30N2O10S. The van der Waals surface area contributed by atoms with Crippen molar-refractivity contribution < 1.29 is 42.5 Å². The van der Waals surface area contributed by atoms with Gasteiger partial charge in [0.05, 0.1) is 18.1 Å². The standard InChI is InChI=1S/C30H30N2O10S/c1-16(33)38-14-25-28(40-18(3)35)24(39-17(2)34)13-26(41-25)32-22-10-6-5-9-21(22)31-30(32)43-15-20-12-19-8-7-11-23(37-4)27(19)42-29(20)36/h5-12,24-26,28H,13-15H2,1-4H3/t24-,25-,26-,28+/m1/s1. The van der Waals surface area contributed by atoms with Gasteiger partial charge < -0.3 is 28.1 Å². The Balaban J connectivity index is 1.51. The van der Waals surface area contributed by atoms with Crippen LogP contribution >= 0.6 is 11.8 Å². The lowest BCUT2D eigenvalue weighted by atomic mass is 10.00. The predicted molar refractivity (Wildman–Crippen MR) is 155 cm³/mol. The normalized spacial score (nSPS) is 20.1. The molecule has 226 valence electrons. The van der Waals surface area contributed by atoms with Crippen molar-refractivity contribution >= 4 is 51.7 Å². The molecule has 1 aliphatic heterocycles. The number of hydrogen-bond acceptors (Lipinski definition) is 12. The number of nitrogens with zero attached hydrogens (tertiary/aromatic N) is 2. The van der Waals surface area contributed by atoms with Crippen molar-refractivity contribution in [1.29, 1.82) is 0 Å². The number of para-hydroxylation sites is 3. The summed E-state index contributed by atoms with van der Waals surface area (Å²) in [5.74, 6) is -1.03. The number of carbonyl (C=O) groups excluding carboxylic acids is 3. The van der Waals surface area contributed by atoms with Gasteiger partial charge in [-0.25, -0.2) is 9.78 Å². The van der Waals surface area contributed by atoms with Crippen molar-refractivity contribution in [1.82, 2.24) is 9.55 Å². The molecule has 0 aliphatic carbocycles. The first-order valence-corrected chi connectivity index (χ1v) is 14.5. The number of imidazole rings is 1. The van der Waals surface area contributed by atoms with Crippen LogP contribution in [0.25, 0.3) is 22.0 Å². The molecule has 2 aromatic carbocycles. The topological polar surface area (TPSA) is 145 Å². The summed E-state index contributed by atoms with van der Waals surface area (Å²) in [5.41, 5.74) is 1.69. The second-order valence-electron chi connectivity index (χ2n) is 9.87. The maximum absolute atomic E-state index is 12.9. The summed E-state index contributed by atoms with van der Waals surface area (Å²) in [5, 5.41) is 1.24. The Hall–Kier alpha value is -4.36. The SMILES string of the molecule is COc1cccc2cc(CSc3nc4ccccc4n3[C@H]3C[C@@H](OC(C)=O)[C@H](OC(C)=O)[C@@H](COC(C)=O)O3)c(=O)oc12. The van der Waals surface area contributed by atoms with E-state index in [1.54, 1.807) is 12.1 Å². The van der Waals surface area contributed by atoms with Gasteiger partial charge in [0.25, 0.3) is 0 Å². The fourth-order valence-corrected chi connectivity index (χ4v) is 6.05. The van der Waals surface area contributed by atoms with E-state index in [-0.39, 0.29) is 18.8 Å². The van der Waals surface area contributed by atoms with Crippen LogP contribution in [-0.4, -0.2) is 59.5 Å². The van der Waals surface area contributed by atoms with Crippen LogP contribution in [0.5, 0.6) is 5.75 Å². The van der Waals surface area contributed by atoms with Crippen molar-refractivity contribution in [2.24, 2.45) is 0 Å². The number of methoxy groups -OCH3 is 1. The predicted octanol–water partition coefficient (Wildman–Crippen LogP) is 4.16. The van der Waals surface area contributed by atoms with Crippen LogP contribution in [0.1, 0.15) is 39.0 Å². The highest BCUT2D eigenvalue weighted by atomic mass is 32.2. The molecule has 1 fully saturated rings. The number of benzene rings is 2. The summed E-state index contributed by atoms with van der Waals surface area (Å²) in [6.07, 6.45) is -3.51. The maximum atomic E-state index is 12.9. The van der Waals surface area contributed by atoms with Crippen LogP contribution in [0.4, 0.5) is 0 Å². The summed E-state index contributed by atoms with van der Waals surface area (Å²) in [4.78, 5) is 53.3. The van der Waals surface area contributed by atoms with Crippen LogP contribution < -0.4 is 10.4 Å². The summed E-state index contributed by atoms with van der Waals surface area (Å²) in [6.45, 7) is 3.51. The molecule has 1 saturated heterocycles. The molecule has 4 aromatic rings. The summed E-state index contributed by atoms with van der Waals surface area (Å²) in [6, 6.07) is 14.5. The molecule has 13 heteroatoms. The Kier molecular flexibility index (Phi) is 9.02. The Morgan fingerprint density at radius 3 is 2.51 bits per heavy atom. The first-order chi connectivity index (χ1) is 20.6. The molecule has 4 atom stereocenters. The first-order valence-electron chi connectivity index (χ1n) is 13.5. The van der Waals surface area contributed by atoms with Crippen LogP contribution in [-0.2, 0) is 39.1 Å². The third-order valence-corrected chi connectivity index (χ3v) is 7.79. The molecule has 0 unspecified atom stereocenters. The number of ether oxygens (including phenoxy) is 5. The highest BCUT2D eigenvalue weighted by Gasteiger charge is 2.45. The van der Waals surface area contributed by atoms with Crippen molar-refractivity contribution in [3.05, 3.63) is 64.5 Å². The van der Waals surface area contributed by atoms with Crippen molar-refractivity contribution in [3.63, 3.8) is 0 Å². The monoisotopic (exact) mass is 610 g/mol. The van der Waals surface area contributed by atoms with E-state index in [4.69, 9.17) is 33.1 Å². The van der Waals surface area contributed by atoms with E-state index >= 15 is 0 Å². The Bertz CT molecular complexity index is 1730. The summed E-state index contributed by atoms with van der Waals surface area (Å²) < 4.78 is 35.4. The molecule has 3 heterocycles. The molecule has 2 aromatic heterocycles. The average molecular weight is 611 g/mol. The molecule has 0 spiro atoms. The molecule has 0 amide bonds. The fourth-order valence-electron chi connectivity index (χ4n) is 5.05. The van der Waals surface area contributed by atoms with Gasteiger partial charge in [0, 0.05) is 43.9 Å². The zero-order valence-electron chi connectivity index (χ0n) is 23.9. The van der Waals surface area contributed by atoms with Gasteiger partial charge in [0.2, 0.25) is 0 Å². The van der Waals surface area contributed by atoms with Gasteiger partial charge in [-0.2, -0.15) is 0 Å². The first kappa shape index (κ1) is 30.1. The number of hydrogen-bond donors (Lipinski definition) is 0. The lowest BCUT2D eigenvalue weighted by molar-refractivity contribution is -0.227. The van der Waals surface area contributed by atoms with Crippen molar-refractivity contribution in [2.75, 3.05) is 13.7 Å². The van der Waals surface area contributed by atoms with Gasteiger partial charge in [-0.05, 0) is 24.3 Å². The van der Waals surface area contributed by atoms with E-state index < -0.39 is 48.1 Å². The quantitative estimate of drug-likeness (QED) is 0.116. The maximum Gasteiger partial charge on any atom is 0.340 e. The van der Waals surface area contributed by atoms with Gasteiger partial charge in [-0.15, -0.1) is 0 Å². The van der Waals surface area contributed by atoms with Crippen molar-refractivity contribution in [3.8, 4) is 5.75 Å². The van der Waals surface area contributed by atoms with E-state index in [0.717, 1.165) is 5.52 Å². The number of carbonyl (C=O) groups is 3. The zero-order chi connectivity index (χ0) is 30.7. The Labute approximate surface area is 250 Å². The third-order valence-electron chi connectivity index (χ3n) is 6.79. The minimum Gasteiger partial charge on any atom is -0.493 e. The van der Waals surface area contributed by atoms with E-state index in [2.05, 4.69) is 0 Å². The molecular weight excluding hydrogens is 580 g/mol. The van der Waals surface area contributed by atoms with Crippen LogP contribution in [0.2, 0.25) is 0 Å². The molecule has 1 aliphatic rings.